The molecule has 1 amide bonds. The van der Waals surface area contributed by atoms with E-state index in [9.17, 15) is 4.79 Å². The normalized spacial score (nSPS) is 19.5. The minimum absolute atomic E-state index is 0.0797. The third kappa shape index (κ3) is 2.74. The number of aromatic amines is 1. The summed E-state index contributed by atoms with van der Waals surface area (Å²) in [5, 5.41) is 14.0. The zero-order valence-corrected chi connectivity index (χ0v) is 10.5. The maximum Gasteiger partial charge on any atom is 0.251 e. The lowest BCUT2D eigenvalue weighted by Gasteiger charge is -2.23. The van der Waals surface area contributed by atoms with Crippen molar-refractivity contribution < 1.29 is 9.53 Å². The molecule has 2 aromatic rings. The van der Waals surface area contributed by atoms with Crippen molar-refractivity contribution >= 4 is 16.8 Å². The van der Waals surface area contributed by atoms with Gasteiger partial charge in [0.1, 0.15) is 0 Å². The second-order valence-corrected chi connectivity index (χ2v) is 4.61. The summed E-state index contributed by atoms with van der Waals surface area (Å²) in [6.07, 6.45) is 1.74. The Morgan fingerprint density at radius 1 is 1.53 bits per heavy atom. The van der Waals surface area contributed by atoms with E-state index >= 15 is 0 Å². The number of amides is 1. The van der Waals surface area contributed by atoms with Crippen molar-refractivity contribution in [1.29, 1.82) is 0 Å². The molecule has 6 nitrogen and oxygen atoms in total. The molecule has 0 radical (unpaired) electrons. The molecule has 3 N–H and O–H groups in total. The highest BCUT2D eigenvalue weighted by Gasteiger charge is 2.14. The highest BCUT2D eigenvalue weighted by molar-refractivity contribution is 5.97. The van der Waals surface area contributed by atoms with E-state index in [1.807, 2.05) is 12.1 Å². The van der Waals surface area contributed by atoms with E-state index in [1.54, 1.807) is 12.3 Å². The van der Waals surface area contributed by atoms with Crippen molar-refractivity contribution in [3.05, 3.63) is 30.0 Å². The Kier molecular flexibility index (Phi) is 3.43. The van der Waals surface area contributed by atoms with Crippen LogP contribution in [0.25, 0.3) is 10.9 Å². The molecular weight excluding hydrogens is 244 g/mol. The van der Waals surface area contributed by atoms with Crippen molar-refractivity contribution in [2.45, 2.75) is 6.04 Å². The Balaban J connectivity index is 1.62. The number of hydrogen-bond acceptors (Lipinski definition) is 4. The molecule has 1 aliphatic heterocycles. The van der Waals surface area contributed by atoms with Gasteiger partial charge >= 0.3 is 0 Å². The number of carbonyl (C=O) groups is 1. The number of nitrogens with one attached hydrogen (secondary N) is 3. The van der Waals surface area contributed by atoms with Crippen LogP contribution in [0.2, 0.25) is 0 Å². The molecule has 1 aromatic carbocycles. The predicted molar refractivity (Wildman–Crippen MR) is 71.0 cm³/mol. The van der Waals surface area contributed by atoms with Crippen molar-refractivity contribution in [2.24, 2.45) is 0 Å². The van der Waals surface area contributed by atoms with Crippen LogP contribution in [0.4, 0.5) is 0 Å². The Morgan fingerprint density at radius 3 is 3.32 bits per heavy atom. The molecule has 100 valence electrons. The van der Waals surface area contributed by atoms with Gasteiger partial charge in [0, 0.05) is 30.1 Å². The second kappa shape index (κ2) is 5.38. The first-order chi connectivity index (χ1) is 9.33. The number of morpholine rings is 1. The summed E-state index contributed by atoms with van der Waals surface area (Å²) in [7, 11) is 0. The van der Waals surface area contributed by atoms with E-state index in [4.69, 9.17) is 4.74 Å². The van der Waals surface area contributed by atoms with E-state index in [0.29, 0.717) is 18.7 Å². The van der Waals surface area contributed by atoms with Gasteiger partial charge in [0.2, 0.25) is 0 Å². The largest absolute Gasteiger partial charge is 0.378 e. The minimum Gasteiger partial charge on any atom is -0.378 e. The van der Waals surface area contributed by atoms with Crippen LogP contribution in [-0.4, -0.2) is 48.4 Å². The van der Waals surface area contributed by atoms with Crippen LogP contribution >= 0.6 is 0 Å². The molecule has 6 heteroatoms. The van der Waals surface area contributed by atoms with Crippen LogP contribution in [0.15, 0.2) is 24.4 Å². The SMILES string of the molecule is O=C(NCC1COCCN1)c1ccc2cn[nH]c2c1. The van der Waals surface area contributed by atoms with E-state index in [0.717, 1.165) is 24.1 Å². The third-order valence-electron chi connectivity index (χ3n) is 3.21. The van der Waals surface area contributed by atoms with E-state index in [2.05, 4.69) is 20.8 Å². The van der Waals surface area contributed by atoms with Gasteiger partial charge in [-0.3, -0.25) is 9.89 Å². The first-order valence-electron chi connectivity index (χ1n) is 6.35. The van der Waals surface area contributed by atoms with Crippen LogP contribution in [0.3, 0.4) is 0 Å². The molecule has 1 fully saturated rings. The number of hydrogen-bond donors (Lipinski definition) is 3. The van der Waals surface area contributed by atoms with Gasteiger partial charge in [-0.25, -0.2) is 0 Å². The average molecular weight is 260 g/mol. The molecule has 0 saturated carbocycles. The smallest absolute Gasteiger partial charge is 0.251 e. The first kappa shape index (κ1) is 12.1. The fourth-order valence-corrected chi connectivity index (χ4v) is 2.15. The van der Waals surface area contributed by atoms with E-state index in [1.165, 1.54) is 0 Å². The number of fused-ring (bicyclic) bond motifs is 1. The van der Waals surface area contributed by atoms with Gasteiger partial charge in [-0.2, -0.15) is 5.10 Å². The molecule has 1 unspecified atom stereocenters. The zero-order valence-electron chi connectivity index (χ0n) is 10.5. The van der Waals surface area contributed by atoms with Crippen molar-refractivity contribution in [3.63, 3.8) is 0 Å². The molecule has 2 heterocycles. The Labute approximate surface area is 110 Å². The van der Waals surface area contributed by atoms with Gasteiger partial charge < -0.3 is 15.4 Å². The summed E-state index contributed by atoms with van der Waals surface area (Å²) in [4.78, 5) is 12.0. The molecule has 19 heavy (non-hydrogen) atoms. The van der Waals surface area contributed by atoms with Crippen LogP contribution in [0.5, 0.6) is 0 Å². The fraction of sp³-hybridized carbons (Fsp3) is 0.385. The van der Waals surface area contributed by atoms with Crippen LogP contribution < -0.4 is 10.6 Å². The average Bonchev–Trinajstić information content (AvgIpc) is 2.93. The number of benzene rings is 1. The predicted octanol–water partition coefficient (Wildman–Crippen LogP) is 0.281. The number of aromatic nitrogens is 2. The van der Waals surface area contributed by atoms with Gasteiger partial charge in [0.15, 0.2) is 0 Å². The lowest BCUT2D eigenvalue weighted by Crippen LogP contribution is -2.48. The number of H-pyrrole nitrogens is 1. The molecule has 0 aliphatic carbocycles. The molecule has 0 spiro atoms. The fourth-order valence-electron chi connectivity index (χ4n) is 2.15. The summed E-state index contributed by atoms with van der Waals surface area (Å²) in [6, 6.07) is 5.68. The van der Waals surface area contributed by atoms with Gasteiger partial charge in [-0.15, -0.1) is 0 Å². The quantitative estimate of drug-likeness (QED) is 0.740. The second-order valence-electron chi connectivity index (χ2n) is 4.61. The highest BCUT2D eigenvalue weighted by Crippen LogP contribution is 2.12. The van der Waals surface area contributed by atoms with Crippen molar-refractivity contribution in [3.8, 4) is 0 Å². The van der Waals surface area contributed by atoms with Crippen LogP contribution in [-0.2, 0) is 4.74 Å². The highest BCUT2D eigenvalue weighted by atomic mass is 16.5. The number of nitrogens with zero attached hydrogens (tertiary/aromatic N) is 1. The van der Waals surface area contributed by atoms with Gasteiger partial charge in [0.05, 0.1) is 24.9 Å². The first-order valence-corrected chi connectivity index (χ1v) is 6.35. The number of carbonyl (C=O) groups excluding carboxylic acids is 1. The molecule has 3 rings (SSSR count). The number of rotatable bonds is 3. The Hall–Kier alpha value is -1.92. The lowest BCUT2D eigenvalue weighted by molar-refractivity contribution is 0.0735. The zero-order chi connectivity index (χ0) is 13.1. The van der Waals surface area contributed by atoms with Crippen molar-refractivity contribution in [2.75, 3.05) is 26.3 Å². The summed E-state index contributed by atoms with van der Waals surface area (Å²) in [5.74, 6) is -0.0797. The minimum atomic E-state index is -0.0797. The van der Waals surface area contributed by atoms with Gasteiger partial charge in [-0.1, -0.05) is 6.07 Å². The molecular formula is C13H16N4O2. The van der Waals surface area contributed by atoms with E-state index in [-0.39, 0.29) is 11.9 Å². The molecule has 1 saturated heterocycles. The molecule has 1 aliphatic rings. The Bertz CT molecular complexity index is 575. The van der Waals surface area contributed by atoms with Gasteiger partial charge in [-0.05, 0) is 12.1 Å². The summed E-state index contributed by atoms with van der Waals surface area (Å²) in [6.45, 7) is 2.78. The number of ether oxygens (including phenoxy) is 1. The molecule has 1 aromatic heterocycles. The third-order valence-corrected chi connectivity index (χ3v) is 3.21. The summed E-state index contributed by atoms with van der Waals surface area (Å²) < 4.78 is 5.34. The standard InChI is InChI=1S/C13H16N4O2/c18-13(15-7-11-8-19-4-3-14-11)9-1-2-10-6-16-17-12(10)5-9/h1-2,5-6,11,14H,3-4,7-8H2,(H,15,18)(H,16,17). The topological polar surface area (TPSA) is 79.0 Å². The summed E-state index contributed by atoms with van der Waals surface area (Å²) in [5.41, 5.74) is 1.50. The molecule has 1 atom stereocenters. The van der Waals surface area contributed by atoms with Crippen molar-refractivity contribution in [1.82, 2.24) is 20.8 Å². The monoisotopic (exact) mass is 260 g/mol. The maximum absolute atomic E-state index is 12.0. The summed E-state index contributed by atoms with van der Waals surface area (Å²) >= 11 is 0. The van der Waals surface area contributed by atoms with Crippen LogP contribution in [0.1, 0.15) is 10.4 Å². The maximum atomic E-state index is 12.0. The lowest BCUT2D eigenvalue weighted by atomic mass is 10.1. The van der Waals surface area contributed by atoms with E-state index < -0.39 is 0 Å². The Morgan fingerprint density at radius 2 is 2.47 bits per heavy atom. The van der Waals surface area contributed by atoms with Crippen LogP contribution in [0, 0.1) is 0 Å². The van der Waals surface area contributed by atoms with Gasteiger partial charge in [0.25, 0.3) is 5.91 Å². The molecule has 0 bridgehead atoms.